The Balaban J connectivity index is 1.37. The summed E-state index contributed by atoms with van der Waals surface area (Å²) in [6, 6.07) is 9.87. The van der Waals surface area contributed by atoms with Crippen LogP contribution in [0.1, 0.15) is 72.4 Å². The molecule has 286 valence electrons. The van der Waals surface area contributed by atoms with Crippen LogP contribution in [-0.2, 0) is 25.5 Å². The van der Waals surface area contributed by atoms with Gasteiger partial charge >= 0.3 is 12.2 Å². The predicted octanol–water partition coefficient (Wildman–Crippen LogP) is 7.99. The number of carbonyl (C=O) groups is 2. The van der Waals surface area contributed by atoms with Crippen molar-refractivity contribution in [1.29, 1.82) is 0 Å². The summed E-state index contributed by atoms with van der Waals surface area (Å²) >= 11 is 0. The number of hydrogen-bond acceptors (Lipinski definition) is 8. The van der Waals surface area contributed by atoms with Gasteiger partial charge in [0, 0.05) is 39.3 Å². The highest BCUT2D eigenvalue weighted by atomic mass is 19.1. The van der Waals surface area contributed by atoms with E-state index in [0.717, 1.165) is 11.1 Å². The maximum atomic E-state index is 15.9. The van der Waals surface area contributed by atoms with Crippen molar-refractivity contribution in [1.82, 2.24) is 24.6 Å². The van der Waals surface area contributed by atoms with Crippen LogP contribution < -0.4 is 0 Å². The monoisotopic (exact) mass is 735 g/mol. The molecule has 2 aliphatic rings. The van der Waals surface area contributed by atoms with Gasteiger partial charge in [0.05, 0.1) is 30.9 Å². The van der Waals surface area contributed by atoms with Gasteiger partial charge in [0.15, 0.2) is 11.6 Å². The number of rotatable bonds is 11. The van der Waals surface area contributed by atoms with Crippen LogP contribution in [0.15, 0.2) is 48.6 Å². The van der Waals surface area contributed by atoms with Crippen molar-refractivity contribution >= 4 is 23.3 Å². The van der Waals surface area contributed by atoms with Crippen LogP contribution in [0, 0.1) is 11.6 Å². The molecule has 13 heteroatoms. The number of hydrogen-bond donors (Lipinski definition) is 0. The van der Waals surface area contributed by atoms with Crippen molar-refractivity contribution in [3.8, 4) is 22.8 Å². The second-order valence-corrected chi connectivity index (χ2v) is 15.0. The maximum Gasteiger partial charge on any atom is 0.410 e. The standard InChI is InChI=1S/C40H51F2N5O6/c1-8-50-23-24-51-22-21-47-35(31-11-9-29(25-33(31)41)27-13-17-45(18-14-27)37(48)52-39(2,3)4)43-44-36(47)32-12-10-30(26-34(32)42)28-15-19-46(20-16-28)38(49)53-40(5,6)7/h9-13,15,25-26H,8,14,16-24H2,1-7H3. The fraction of sp³-hybridized carbons (Fsp3) is 0.500. The number of halogens is 2. The largest absolute Gasteiger partial charge is 0.444 e. The lowest BCUT2D eigenvalue weighted by Gasteiger charge is -2.29. The van der Waals surface area contributed by atoms with E-state index < -0.39 is 22.8 Å². The van der Waals surface area contributed by atoms with E-state index in [1.54, 1.807) is 26.5 Å². The van der Waals surface area contributed by atoms with Crippen LogP contribution in [0.4, 0.5) is 18.4 Å². The number of amides is 2. The predicted molar refractivity (Wildman–Crippen MR) is 199 cm³/mol. The van der Waals surface area contributed by atoms with Gasteiger partial charge in [-0.25, -0.2) is 18.4 Å². The molecule has 11 nitrogen and oxygen atoms in total. The highest BCUT2D eigenvalue weighted by molar-refractivity contribution is 5.76. The van der Waals surface area contributed by atoms with E-state index in [4.69, 9.17) is 18.9 Å². The minimum absolute atomic E-state index is 0.215. The average molecular weight is 736 g/mol. The topological polar surface area (TPSA) is 108 Å². The fourth-order valence-corrected chi connectivity index (χ4v) is 6.07. The van der Waals surface area contributed by atoms with Gasteiger partial charge in [0.25, 0.3) is 0 Å². The maximum absolute atomic E-state index is 15.9. The number of benzene rings is 2. The lowest BCUT2D eigenvalue weighted by molar-refractivity contribution is 0.0260. The molecule has 0 aliphatic carbocycles. The Morgan fingerprint density at radius 3 is 1.53 bits per heavy atom. The molecule has 0 fully saturated rings. The molecule has 0 radical (unpaired) electrons. The minimum Gasteiger partial charge on any atom is -0.444 e. The first-order chi connectivity index (χ1) is 25.1. The van der Waals surface area contributed by atoms with Crippen LogP contribution in [0.3, 0.4) is 0 Å². The smallest absolute Gasteiger partial charge is 0.410 e. The Kier molecular flexibility index (Phi) is 12.7. The zero-order valence-corrected chi connectivity index (χ0v) is 31.8. The molecule has 53 heavy (non-hydrogen) atoms. The first kappa shape index (κ1) is 39.6. The van der Waals surface area contributed by atoms with E-state index in [0.29, 0.717) is 70.0 Å². The van der Waals surface area contributed by atoms with Crippen LogP contribution in [0.5, 0.6) is 0 Å². The third-order valence-electron chi connectivity index (χ3n) is 8.67. The lowest BCUT2D eigenvalue weighted by atomic mass is 9.97. The zero-order valence-electron chi connectivity index (χ0n) is 31.8. The van der Waals surface area contributed by atoms with Gasteiger partial charge in [-0.15, -0.1) is 10.2 Å². The first-order valence-electron chi connectivity index (χ1n) is 18.2. The van der Waals surface area contributed by atoms with Crippen LogP contribution in [0.2, 0.25) is 0 Å². The van der Waals surface area contributed by atoms with E-state index >= 15 is 8.78 Å². The van der Waals surface area contributed by atoms with Gasteiger partial charge in [-0.3, -0.25) is 0 Å². The molecule has 2 amide bonds. The Hall–Kier alpha value is -4.62. The average Bonchev–Trinajstić information content (AvgIpc) is 3.51. The number of aromatic nitrogens is 3. The highest BCUT2D eigenvalue weighted by Gasteiger charge is 2.27. The molecule has 2 aromatic carbocycles. The van der Waals surface area contributed by atoms with Gasteiger partial charge in [0.2, 0.25) is 0 Å². The minimum atomic E-state index is -0.590. The van der Waals surface area contributed by atoms with E-state index in [-0.39, 0.29) is 48.1 Å². The third-order valence-corrected chi connectivity index (χ3v) is 8.67. The third kappa shape index (κ3) is 10.5. The molecule has 2 aliphatic heterocycles. The van der Waals surface area contributed by atoms with Gasteiger partial charge in [-0.2, -0.15) is 0 Å². The molecular weight excluding hydrogens is 684 g/mol. The van der Waals surface area contributed by atoms with Crippen molar-refractivity contribution in [2.24, 2.45) is 0 Å². The summed E-state index contributed by atoms with van der Waals surface area (Å²) < 4.78 is 55.7. The molecule has 0 N–H and O–H groups in total. The second-order valence-electron chi connectivity index (χ2n) is 15.0. The van der Waals surface area contributed by atoms with E-state index in [9.17, 15) is 9.59 Å². The molecule has 3 aromatic rings. The van der Waals surface area contributed by atoms with Crippen molar-refractivity contribution in [3.63, 3.8) is 0 Å². The summed E-state index contributed by atoms with van der Waals surface area (Å²) in [5.41, 5.74) is 2.50. The van der Waals surface area contributed by atoms with Crippen molar-refractivity contribution in [2.45, 2.75) is 79.1 Å². The molecule has 0 atom stereocenters. The Labute approximate surface area is 310 Å². The highest BCUT2D eigenvalue weighted by Crippen LogP contribution is 2.33. The number of nitrogens with zero attached hydrogens (tertiary/aromatic N) is 5. The normalized spacial score (nSPS) is 15.3. The van der Waals surface area contributed by atoms with Gasteiger partial charge < -0.3 is 33.3 Å². The van der Waals surface area contributed by atoms with Crippen molar-refractivity contribution in [3.05, 3.63) is 71.3 Å². The summed E-state index contributed by atoms with van der Waals surface area (Å²) in [5, 5.41) is 8.70. The molecule has 3 heterocycles. The SMILES string of the molecule is CCOCCOCCn1c(-c2ccc(C3=CCN(C(=O)OC(C)(C)C)CC3)cc2F)nnc1-c1ccc(C2=CCN(C(=O)OC(C)(C)C)CC2)cc1F. The van der Waals surface area contributed by atoms with E-state index in [1.165, 1.54) is 12.1 Å². The summed E-state index contributed by atoms with van der Waals surface area (Å²) in [4.78, 5) is 28.3. The molecule has 0 unspecified atom stereocenters. The van der Waals surface area contributed by atoms with E-state index in [2.05, 4.69) is 10.2 Å². The molecule has 0 saturated heterocycles. The van der Waals surface area contributed by atoms with E-state index in [1.807, 2.05) is 72.8 Å². The number of ether oxygens (including phenoxy) is 4. The van der Waals surface area contributed by atoms with Crippen LogP contribution in [0.25, 0.3) is 33.9 Å². The second kappa shape index (κ2) is 17.0. The Morgan fingerprint density at radius 1 is 0.698 bits per heavy atom. The summed E-state index contributed by atoms with van der Waals surface area (Å²) in [5.74, 6) is -0.523. The summed E-state index contributed by atoms with van der Waals surface area (Å²) in [7, 11) is 0. The molecular formula is C40H51F2N5O6. The van der Waals surface area contributed by atoms with Crippen molar-refractivity contribution < 1.29 is 37.3 Å². The van der Waals surface area contributed by atoms with Gasteiger partial charge in [-0.05, 0) is 108 Å². The fourth-order valence-electron chi connectivity index (χ4n) is 6.07. The van der Waals surface area contributed by atoms with Gasteiger partial charge in [0.1, 0.15) is 22.8 Å². The summed E-state index contributed by atoms with van der Waals surface area (Å²) in [6.45, 7) is 16.4. The molecule has 0 bridgehead atoms. The zero-order chi connectivity index (χ0) is 38.3. The summed E-state index contributed by atoms with van der Waals surface area (Å²) in [6.07, 6.45) is 4.16. The van der Waals surface area contributed by atoms with Gasteiger partial charge in [-0.1, -0.05) is 24.3 Å². The Bertz CT molecular complexity index is 1720. The first-order valence-corrected chi connectivity index (χ1v) is 18.2. The molecule has 1 aromatic heterocycles. The number of carbonyl (C=O) groups excluding carboxylic acids is 2. The molecule has 5 rings (SSSR count). The van der Waals surface area contributed by atoms with Crippen molar-refractivity contribution in [2.75, 3.05) is 52.6 Å². The molecule has 0 saturated carbocycles. The lowest BCUT2D eigenvalue weighted by Crippen LogP contribution is -2.39. The Morgan fingerprint density at radius 2 is 1.15 bits per heavy atom. The quantitative estimate of drug-likeness (QED) is 0.183. The molecule has 0 spiro atoms. The van der Waals surface area contributed by atoms with Crippen LogP contribution >= 0.6 is 0 Å². The van der Waals surface area contributed by atoms with Crippen LogP contribution in [-0.4, -0.2) is 101 Å².